The number of Topliss-reactive ketones (excluding diaryl/α,β-unsaturated/α-hetero) is 1. The lowest BCUT2D eigenvalue weighted by molar-refractivity contribution is -0.125. The summed E-state index contributed by atoms with van der Waals surface area (Å²) in [4.78, 5) is 22.0. The Morgan fingerprint density at radius 1 is 1.29 bits per heavy atom. The molecule has 1 aromatic rings. The maximum Gasteiger partial charge on any atom is 0.253 e. The number of aliphatic hydroxyl groups is 1. The molecule has 2 N–H and O–H groups in total. The topological polar surface area (TPSA) is 66.4 Å². The molecular formula is C10H11NO3. The molecule has 1 aromatic carbocycles. The summed E-state index contributed by atoms with van der Waals surface area (Å²) in [5.41, 5.74) is 0.410. The zero-order valence-electron chi connectivity index (χ0n) is 7.73. The van der Waals surface area contributed by atoms with Crippen molar-refractivity contribution in [3.05, 3.63) is 35.9 Å². The maximum atomic E-state index is 11.3. The second-order valence-corrected chi connectivity index (χ2v) is 2.85. The molecule has 1 unspecified atom stereocenters. The molecule has 0 heterocycles. The van der Waals surface area contributed by atoms with Crippen molar-refractivity contribution in [1.29, 1.82) is 0 Å². The van der Waals surface area contributed by atoms with Crippen LogP contribution in [0.25, 0.3) is 0 Å². The van der Waals surface area contributed by atoms with Gasteiger partial charge < -0.3 is 10.4 Å². The minimum atomic E-state index is -1.43. The van der Waals surface area contributed by atoms with Crippen LogP contribution in [0.4, 0.5) is 0 Å². The van der Waals surface area contributed by atoms with Gasteiger partial charge in [0, 0.05) is 5.56 Å². The fourth-order valence-corrected chi connectivity index (χ4v) is 0.899. The Kier molecular flexibility index (Phi) is 3.36. The molecular weight excluding hydrogens is 182 g/mol. The van der Waals surface area contributed by atoms with Crippen molar-refractivity contribution in [1.82, 2.24) is 5.32 Å². The third-order valence-electron chi connectivity index (χ3n) is 1.69. The van der Waals surface area contributed by atoms with E-state index in [1.165, 1.54) is 6.92 Å². The SMILES string of the molecule is CC(=O)C(O)NC(=O)c1ccccc1. The van der Waals surface area contributed by atoms with Gasteiger partial charge in [0.1, 0.15) is 0 Å². The fraction of sp³-hybridized carbons (Fsp3) is 0.200. The van der Waals surface area contributed by atoms with E-state index in [0.717, 1.165) is 0 Å². The van der Waals surface area contributed by atoms with Crippen molar-refractivity contribution in [2.45, 2.75) is 13.2 Å². The molecule has 0 aliphatic rings. The van der Waals surface area contributed by atoms with Gasteiger partial charge in [0.25, 0.3) is 5.91 Å². The summed E-state index contributed by atoms with van der Waals surface area (Å²) in [5, 5.41) is 11.2. The predicted octanol–water partition coefficient (Wildman–Crippen LogP) is 0.324. The summed E-state index contributed by atoms with van der Waals surface area (Å²) >= 11 is 0. The number of amides is 1. The summed E-state index contributed by atoms with van der Waals surface area (Å²) in [6.45, 7) is 1.20. The highest BCUT2D eigenvalue weighted by molar-refractivity contribution is 5.96. The smallest absolute Gasteiger partial charge is 0.253 e. The van der Waals surface area contributed by atoms with Crippen LogP contribution in [-0.4, -0.2) is 23.0 Å². The van der Waals surface area contributed by atoms with E-state index >= 15 is 0 Å². The molecule has 0 aliphatic carbocycles. The van der Waals surface area contributed by atoms with Crippen LogP contribution in [0.15, 0.2) is 30.3 Å². The molecule has 74 valence electrons. The maximum absolute atomic E-state index is 11.3. The fourth-order valence-electron chi connectivity index (χ4n) is 0.899. The minimum absolute atomic E-state index is 0.410. The van der Waals surface area contributed by atoms with Gasteiger partial charge in [-0.2, -0.15) is 0 Å². The van der Waals surface area contributed by atoms with Crippen LogP contribution < -0.4 is 5.32 Å². The molecule has 0 saturated heterocycles. The summed E-state index contributed by atoms with van der Waals surface area (Å²) in [7, 11) is 0. The van der Waals surface area contributed by atoms with Crippen molar-refractivity contribution < 1.29 is 14.7 Å². The molecule has 0 aromatic heterocycles. The third-order valence-corrected chi connectivity index (χ3v) is 1.69. The first-order valence-corrected chi connectivity index (χ1v) is 4.15. The molecule has 4 heteroatoms. The van der Waals surface area contributed by atoms with Crippen LogP contribution in [0.3, 0.4) is 0 Å². The molecule has 4 nitrogen and oxygen atoms in total. The van der Waals surface area contributed by atoms with Gasteiger partial charge in [0.2, 0.25) is 0 Å². The zero-order chi connectivity index (χ0) is 10.6. The molecule has 0 saturated carbocycles. The van der Waals surface area contributed by atoms with Gasteiger partial charge in [-0.05, 0) is 19.1 Å². The summed E-state index contributed by atoms with van der Waals surface area (Å²) in [6, 6.07) is 8.38. The highest BCUT2D eigenvalue weighted by Gasteiger charge is 2.13. The van der Waals surface area contributed by atoms with Gasteiger partial charge >= 0.3 is 0 Å². The highest BCUT2D eigenvalue weighted by Crippen LogP contribution is 1.98. The molecule has 0 fully saturated rings. The number of hydrogen-bond donors (Lipinski definition) is 2. The lowest BCUT2D eigenvalue weighted by Gasteiger charge is -2.08. The lowest BCUT2D eigenvalue weighted by Crippen LogP contribution is -2.39. The van der Waals surface area contributed by atoms with E-state index in [-0.39, 0.29) is 0 Å². The summed E-state index contributed by atoms with van der Waals surface area (Å²) in [6.07, 6.45) is -1.43. The normalized spacial score (nSPS) is 11.9. The van der Waals surface area contributed by atoms with Gasteiger partial charge in [0.15, 0.2) is 12.0 Å². The number of rotatable bonds is 3. The van der Waals surface area contributed by atoms with E-state index in [4.69, 9.17) is 5.11 Å². The van der Waals surface area contributed by atoms with Gasteiger partial charge in [-0.15, -0.1) is 0 Å². The average molecular weight is 193 g/mol. The monoisotopic (exact) mass is 193 g/mol. The molecule has 1 rings (SSSR count). The van der Waals surface area contributed by atoms with E-state index in [9.17, 15) is 9.59 Å². The van der Waals surface area contributed by atoms with E-state index in [1.54, 1.807) is 30.3 Å². The quantitative estimate of drug-likeness (QED) is 0.679. The Labute approximate surface area is 81.6 Å². The van der Waals surface area contributed by atoms with Crippen LogP contribution in [-0.2, 0) is 4.79 Å². The van der Waals surface area contributed by atoms with E-state index in [1.807, 2.05) is 0 Å². The molecule has 0 aliphatic heterocycles. The van der Waals surface area contributed by atoms with Crippen LogP contribution >= 0.6 is 0 Å². The van der Waals surface area contributed by atoms with E-state index in [2.05, 4.69) is 5.32 Å². The van der Waals surface area contributed by atoms with E-state index in [0.29, 0.717) is 5.56 Å². The first-order chi connectivity index (χ1) is 6.61. The largest absolute Gasteiger partial charge is 0.367 e. The standard InChI is InChI=1S/C10H11NO3/c1-7(12)9(13)11-10(14)8-5-3-2-4-6-8/h2-6,9,13H,1H3,(H,11,14). The van der Waals surface area contributed by atoms with Crippen LogP contribution in [0.5, 0.6) is 0 Å². The van der Waals surface area contributed by atoms with E-state index < -0.39 is 17.9 Å². The third kappa shape index (κ3) is 2.67. The average Bonchev–Trinajstić information content (AvgIpc) is 2.19. The van der Waals surface area contributed by atoms with Crippen molar-refractivity contribution in [2.24, 2.45) is 0 Å². The summed E-state index contributed by atoms with van der Waals surface area (Å²) in [5.74, 6) is -0.956. The lowest BCUT2D eigenvalue weighted by atomic mass is 10.2. The van der Waals surface area contributed by atoms with Gasteiger partial charge in [-0.25, -0.2) is 0 Å². The molecule has 1 amide bonds. The van der Waals surface area contributed by atoms with Crippen LogP contribution in [0.1, 0.15) is 17.3 Å². The molecule has 1 atom stereocenters. The molecule has 0 radical (unpaired) electrons. The molecule has 0 bridgehead atoms. The Bertz CT molecular complexity index is 334. The number of carbonyl (C=O) groups excluding carboxylic acids is 2. The van der Waals surface area contributed by atoms with Crippen molar-refractivity contribution in [3.63, 3.8) is 0 Å². The summed E-state index contributed by atoms with van der Waals surface area (Å²) < 4.78 is 0. The first-order valence-electron chi connectivity index (χ1n) is 4.15. The first kappa shape index (κ1) is 10.4. The zero-order valence-corrected chi connectivity index (χ0v) is 7.73. The molecule has 14 heavy (non-hydrogen) atoms. The molecule has 0 spiro atoms. The Hall–Kier alpha value is -1.68. The van der Waals surface area contributed by atoms with Crippen LogP contribution in [0, 0.1) is 0 Å². The van der Waals surface area contributed by atoms with Gasteiger partial charge in [-0.3, -0.25) is 9.59 Å². The second kappa shape index (κ2) is 4.53. The number of carbonyl (C=O) groups is 2. The minimum Gasteiger partial charge on any atom is -0.367 e. The van der Waals surface area contributed by atoms with Crippen molar-refractivity contribution in [3.8, 4) is 0 Å². The number of aliphatic hydroxyl groups excluding tert-OH is 1. The number of hydrogen-bond acceptors (Lipinski definition) is 3. The van der Waals surface area contributed by atoms with Crippen LogP contribution in [0.2, 0.25) is 0 Å². The Morgan fingerprint density at radius 2 is 1.86 bits per heavy atom. The Balaban J connectivity index is 2.64. The number of benzene rings is 1. The second-order valence-electron chi connectivity index (χ2n) is 2.85. The highest BCUT2D eigenvalue weighted by atomic mass is 16.3. The number of ketones is 1. The van der Waals surface area contributed by atoms with Crippen molar-refractivity contribution in [2.75, 3.05) is 0 Å². The number of nitrogens with one attached hydrogen (secondary N) is 1. The van der Waals surface area contributed by atoms with Gasteiger partial charge in [-0.1, -0.05) is 18.2 Å². The Morgan fingerprint density at radius 3 is 2.36 bits per heavy atom. The van der Waals surface area contributed by atoms with Crippen molar-refractivity contribution >= 4 is 11.7 Å². The predicted molar refractivity (Wildman–Crippen MR) is 50.6 cm³/mol. The van der Waals surface area contributed by atoms with Gasteiger partial charge in [0.05, 0.1) is 0 Å².